The van der Waals surface area contributed by atoms with E-state index in [9.17, 15) is 4.79 Å². The van der Waals surface area contributed by atoms with Crippen LogP contribution < -0.4 is 0 Å². The molecular formula is C10H10ClNO. The Morgan fingerprint density at radius 2 is 2.23 bits per heavy atom. The van der Waals surface area contributed by atoms with E-state index in [4.69, 9.17) is 11.6 Å². The van der Waals surface area contributed by atoms with Gasteiger partial charge in [0.25, 0.3) is 0 Å². The van der Waals surface area contributed by atoms with Crippen molar-refractivity contribution < 1.29 is 4.79 Å². The van der Waals surface area contributed by atoms with Crippen molar-refractivity contribution >= 4 is 17.5 Å². The third kappa shape index (κ3) is 1.42. The number of likely N-dealkylation sites (N-methyl/N-ethyl adjacent to an activating group) is 1. The summed E-state index contributed by atoms with van der Waals surface area (Å²) in [5, 5.41) is 0.707. The molecule has 3 heteroatoms. The van der Waals surface area contributed by atoms with Gasteiger partial charge in [-0.2, -0.15) is 0 Å². The number of carbonyl (C=O) groups excluding carboxylic acids is 1. The van der Waals surface area contributed by atoms with Gasteiger partial charge < -0.3 is 4.90 Å². The molecule has 1 amide bonds. The molecule has 0 spiro atoms. The molecule has 0 fully saturated rings. The number of hydrogen-bond acceptors (Lipinski definition) is 1. The van der Waals surface area contributed by atoms with Crippen molar-refractivity contribution in [1.29, 1.82) is 0 Å². The first-order valence-corrected chi connectivity index (χ1v) is 4.56. The van der Waals surface area contributed by atoms with Crippen LogP contribution in [0.2, 0.25) is 5.02 Å². The molecule has 0 aliphatic carbocycles. The van der Waals surface area contributed by atoms with E-state index >= 15 is 0 Å². The summed E-state index contributed by atoms with van der Waals surface area (Å²) in [5.41, 5.74) is 2.15. The normalized spacial score (nSPS) is 15.8. The Morgan fingerprint density at radius 1 is 1.46 bits per heavy atom. The Morgan fingerprint density at radius 3 is 3.00 bits per heavy atom. The molecule has 0 N–H and O–H groups in total. The van der Waals surface area contributed by atoms with E-state index in [0.717, 1.165) is 11.1 Å². The third-order valence-electron chi connectivity index (χ3n) is 2.38. The summed E-state index contributed by atoms with van der Waals surface area (Å²) in [6, 6.07) is 5.77. The summed E-state index contributed by atoms with van der Waals surface area (Å²) >= 11 is 5.98. The Hall–Kier alpha value is -1.02. The van der Waals surface area contributed by atoms with Crippen LogP contribution in [0, 0.1) is 0 Å². The molecule has 0 bridgehead atoms. The SMILES string of the molecule is CN1Cc2cccc(Cl)c2CC1=O. The van der Waals surface area contributed by atoms with Crippen molar-refractivity contribution in [1.82, 2.24) is 4.90 Å². The Kier molecular flexibility index (Phi) is 2.00. The number of hydrogen-bond donors (Lipinski definition) is 0. The zero-order valence-corrected chi connectivity index (χ0v) is 8.14. The van der Waals surface area contributed by atoms with Gasteiger partial charge in [0.2, 0.25) is 5.91 Å². The Balaban J connectivity index is 2.48. The molecule has 13 heavy (non-hydrogen) atoms. The van der Waals surface area contributed by atoms with Crippen LogP contribution in [-0.4, -0.2) is 17.9 Å². The van der Waals surface area contributed by atoms with Crippen LogP contribution in [0.25, 0.3) is 0 Å². The van der Waals surface area contributed by atoms with Gasteiger partial charge in [-0.05, 0) is 17.2 Å². The zero-order valence-electron chi connectivity index (χ0n) is 7.38. The van der Waals surface area contributed by atoms with E-state index in [1.54, 1.807) is 4.90 Å². The summed E-state index contributed by atoms with van der Waals surface area (Å²) < 4.78 is 0. The van der Waals surface area contributed by atoms with Crippen molar-refractivity contribution in [2.75, 3.05) is 7.05 Å². The number of halogens is 1. The molecular weight excluding hydrogens is 186 g/mol. The number of carbonyl (C=O) groups is 1. The predicted molar refractivity (Wildman–Crippen MR) is 51.6 cm³/mol. The van der Waals surface area contributed by atoms with Gasteiger partial charge in [0.1, 0.15) is 0 Å². The van der Waals surface area contributed by atoms with Crippen LogP contribution in [0.3, 0.4) is 0 Å². The van der Waals surface area contributed by atoms with Gasteiger partial charge in [0, 0.05) is 18.6 Å². The number of amides is 1. The summed E-state index contributed by atoms with van der Waals surface area (Å²) in [6.07, 6.45) is 0.436. The number of nitrogens with zero attached hydrogens (tertiary/aromatic N) is 1. The van der Waals surface area contributed by atoms with E-state index in [0.29, 0.717) is 18.0 Å². The van der Waals surface area contributed by atoms with Crippen molar-refractivity contribution in [3.8, 4) is 0 Å². The minimum Gasteiger partial charge on any atom is -0.341 e. The van der Waals surface area contributed by atoms with Crippen molar-refractivity contribution in [3.05, 3.63) is 34.3 Å². The van der Waals surface area contributed by atoms with Crippen LogP contribution in [-0.2, 0) is 17.8 Å². The van der Waals surface area contributed by atoms with Gasteiger partial charge in [0.15, 0.2) is 0 Å². The lowest BCUT2D eigenvalue weighted by Gasteiger charge is -2.25. The van der Waals surface area contributed by atoms with Gasteiger partial charge in [-0.3, -0.25) is 4.79 Å². The molecule has 1 aromatic rings. The molecule has 0 radical (unpaired) electrons. The largest absolute Gasteiger partial charge is 0.341 e. The minimum absolute atomic E-state index is 0.139. The Labute approximate surface area is 82.1 Å². The highest BCUT2D eigenvalue weighted by Gasteiger charge is 2.21. The molecule has 2 rings (SSSR count). The maximum absolute atomic E-state index is 11.4. The average Bonchev–Trinajstić information content (AvgIpc) is 2.09. The van der Waals surface area contributed by atoms with Crippen LogP contribution in [0.15, 0.2) is 18.2 Å². The molecule has 0 saturated carbocycles. The number of benzene rings is 1. The molecule has 68 valence electrons. The third-order valence-corrected chi connectivity index (χ3v) is 2.73. The molecule has 0 atom stereocenters. The van der Waals surface area contributed by atoms with Crippen LogP contribution in [0.5, 0.6) is 0 Å². The fourth-order valence-corrected chi connectivity index (χ4v) is 1.84. The molecule has 1 heterocycles. The Bertz CT molecular complexity index is 362. The molecule has 0 unspecified atom stereocenters. The van der Waals surface area contributed by atoms with Crippen LogP contribution >= 0.6 is 11.6 Å². The second-order valence-electron chi connectivity index (χ2n) is 3.30. The first-order valence-electron chi connectivity index (χ1n) is 4.18. The van der Waals surface area contributed by atoms with E-state index in [2.05, 4.69) is 0 Å². The highest BCUT2D eigenvalue weighted by molar-refractivity contribution is 6.31. The molecule has 1 aliphatic heterocycles. The summed E-state index contributed by atoms with van der Waals surface area (Å²) in [6.45, 7) is 0.675. The van der Waals surface area contributed by atoms with Gasteiger partial charge >= 0.3 is 0 Å². The van der Waals surface area contributed by atoms with Crippen molar-refractivity contribution in [2.45, 2.75) is 13.0 Å². The topological polar surface area (TPSA) is 20.3 Å². The standard InChI is InChI=1S/C10H10ClNO/c1-12-6-7-3-2-4-9(11)8(7)5-10(12)13/h2-4H,5-6H2,1H3. The van der Waals surface area contributed by atoms with Crippen LogP contribution in [0.4, 0.5) is 0 Å². The number of fused-ring (bicyclic) bond motifs is 1. The number of rotatable bonds is 0. The first kappa shape index (κ1) is 8.57. The van der Waals surface area contributed by atoms with Crippen molar-refractivity contribution in [2.24, 2.45) is 0 Å². The predicted octanol–water partition coefficient (Wildman–Crippen LogP) is 1.85. The van der Waals surface area contributed by atoms with E-state index in [-0.39, 0.29) is 5.91 Å². The molecule has 0 saturated heterocycles. The van der Waals surface area contributed by atoms with Gasteiger partial charge in [-0.1, -0.05) is 23.7 Å². The lowest BCUT2D eigenvalue weighted by atomic mass is 10.00. The minimum atomic E-state index is 0.139. The lowest BCUT2D eigenvalue weighted by Crippen LogP contribution is -2.32. The summed E-state index contributed by atoms with van der Waals surface area (Å²) in [7, 11) is 1.81. The quantitative estimate of drug-likeness (QED) is 0.619. The summed E-state index contributed by atoms with van der Waals surface area (Å²) in [5.74, 6) is 0.139. The van der Waals surface area contributed by atoms with Crippen molar-refractivity contribution in [3.63, 3.8) is 0 Å². The average molecular weight is 196 g/mol. The van der Waals surface area contributed by atoms with E-state index in [1.165, 1.54) is 0 Å². The maximum Gasteiger partial charge on any atom is 0.227 e. The second-order valence-corrected chi connectivity index (χ2v) is 3.71. The first-order chi connectivity index (χ1) is 6.18. The van der Waals surface area contributed by atoms with E-state index < -0.39 is 0 Å². The fourth-order valence-electron chi connectivity index (χ4n) is 1.58. The fraction of sp³-hybridized carbons (Fsp3) is 0.300. The molecule has 1 aliphatic rings. The molecule has 2 nitrogen and oxygen atoms in total. The highest BCUT2D eigenvalue weighted by atomic mass is 35.5. The van der Waals surface area contributed by atoms with E-state index in [1.807, 2.05) is 25.2 Å². The lowest BCUT2D eigenvalue weighted by molar-refractivity contribution is -0.130. The highest BCUT2D eigenvalue weighted by Crippen LogP contribution is 2.25. The zero-order chi connectivity index (χ0) is 9.42. The van der Waals surface area contributed by atoms with Gasteiger partial charge in [-0.25, -0.2) is 0 Å². The second kappa shape index (κ2) is 3.04. The molecule has 0 aromatic heterocycles. The summed E-state index contributed by atoms with van der Waals surface area (Å²) in [4.78, 5) is 13.1. The van der Waals surface area contributed by atoms with Gasteiger partial charge in [0.05, 0.1) is 6.42 Å². The van der Waals surface area contributed by atoms with Crippen LogP contribution in [0.1, 0.15) is 11.1 Å². The monoisotopic (exact) mass is 195 g/mol. The van der Waals surface area contributed by atoms with Gasteiger partial charge in [-0.15, -0.1) is 0 Å². The molecule has 1 aromatic carbocycles. The smallest absolute Gasteiger partial charge is 0.227 e. The maximum atomic E-state index is 11.4.